The van der Waals surface area contributed by atoms with E-state index in [1.54, 1.807) is 0 Å². The second kappa shape index (κ2) is 6.36. The number of nitriles is 1. The topological polar surface area (TPSA) is 35.8 Å². The summed E-state index contributed by atoms with van der Waals surface area (Å²) in [6.45, 7) is 0.347. The van der Waals surface area contributed by atoms with Gasteiger partial charge in [0.25, 0.3) is 0 Å². The van der Waals surface area contributed by atoms with Crippen molar-refractivity contribution in [1.82, 2.24) is 5.32 Å². The maximum absolute atomic E-state index is 12.9. The third-order valence-electron chi connectivity index (χ3n) is 2.32. The average Bonchev–Trinajstić information content (AvgIpc) is 2.27. The van der Waals surface area contributed by atoms with E-state index in [1.165, 1.54) is 18.2 Å². The summed E-state index contributed by atoms with van der Waals surface area (Å²) < 4.78 is 48.5. The highest BCUT2D eigenvalue weighted by atomic mass is 19.4. The van der Waals surface area contributed by atoms with E-state index in [9.17, 15) is 17.6 Å². The predicted molar refractivity (Wildman–Crippen MR) is 58.1 cm³/mol. The van der Waals surface area contributed by atoms with Crippen LogP contribution < -0.4 is 5.32 Å². The first-order chi connectivity index (χ1) is 8.42. The number of benzene rings is 1. The van der Waals surface area contributed by atoms with E-state index in [1.807, 2.05) is 6.07 Å². The van der Waals surface area contributed by atoms with Gasteiger partial charge in [0.1, 0.15) is 5.82 Å². The molecular weight excluding hydrogens is 248 g/mol. The van der Waals surface area contributed by atoms with Crippen molar-refractivity contribution in [3.05, 3.63) is 35.1 Å². The molecule has 0 unspecified atom stereocenters. The summed E-state index contributed by atoms with van der Waals surface area (Å²) in [5.74, 6) is -0.471. The Hall–Kier alpha value is -1.61. The highest BCUT2D eigenvalue weighted by Gasteiger charge is 2.25. The molecule has 0 aliphatic rings. The third-order valence-corrected chi connectivity index (χ3v) is 2.32. The van der Waals surface area contributed by atoms with Crippen LogP contribution >= 0.6 is 0 Å². The molecule has 0 bridgehead atoms. The molecule has 2 nitrogen and oxygen atoms in total. The molecule has 1 aromatic rings. The Bertz CT molecular complexity index is 435. The Kier molecular flexibility index (Phi) is 5.10. The first-order valence-corrected chi connectivity index (χ1v) is 5.38. The summed E-state index contributed by atoms with van der Waals surface area (Å²) >= 11 is 0. The number of nitrogens with zero attached hydrogens (tertiary/aromatic N) is 1. The van der Waals surface area contributed by atoms with Gasteiger partial charge < -0.3 is 5.32 Å². The van der Waals surface area contributed by atoms with Crippen LogP contribution in [-0.2, 0) is 6.54 Å². The minimum Gasteiger partial charge on any atom is -0.313 e. The Morgan fingerprint density at radius 3 is 2.61 bits per heavy atom. The van der Waals surface area contributed by atoms with Crippen LogP contribution in [0.5, 0.6) is 0 Å². The molecular formula is C12H12F4N2. The van der Waals surface area contributed by atoms with E-state index >= 15 is 0 Å². The van der Waals surface area contributed by atoms with Crippen LogP contribution in [-0.4, -0.2) is 12.7 Å². The summed E-state index contributed by atoms with van der Waals surface area (Å²) in [4.78, 5) is 0. The molecule has 0 saturated carbocycles. The van der Waals surface area contributed by atoms with E-state index in [-0.39, 0.29) is 19.5 Å². The minimum atomic E-state index is -4.15. The van der Waals surface area contributed by atoms with Crippen LogP contribution in [0.3, 0.4) is 0 Å². The first kappa shape index (κ1) is 14.5. The van der Waals surface area contributed by atoms with Gasteiger partial charge >= 0.3 is 6.18 Å². The van der Waals surface area contributed by atoms with Crippen molar-refractivity contribution in [3.63, 3.8) is 0 Å². The molecule has 0 aliphatic heterocycles. The fourth-order valence-corrected chi connectivity index (χ4v) is 1.45. The number of rotatable bonds is 5. The molecule has 18 heavy (non-hydrogen) atoms. The van der Waals surface area contributed by atoms with Crippen molar-refractivity contribution in [3.8, 4) is 6.07 Å². The zero-order valence-corrected chi connectivity index (χ0v) is 9.52. The van der Waals surface area contributed by atoms with Gasteiger partial charge in [0.2, 0.25) is 0 Å². The normalized spacial score (nSPS) is 11.3. The molecule has 0 atom stereocenters. The summed E-state index contributed by atoms with van der Waals surface area (Å²) in [6, 6.07) is 5.63. The van der Waals surface area contributed by atoms with Crippen molar-refractivity contribution in [2.45, 2.75) is 25.6 Å². The molecule has 0 saturated heterocycles. The lowest BCUT2D eigenvalue weighted by atomic mass is 10.1. The molecule has 1 aromatic carbocycles. The van der Waals surface area contributed by atoms with Crippen molar-refractivity contribution >= 4 is 0 Å². The molecule has 98 valence electrons. The van der Waals surface area contributed by atoms with E-state index < -0.39 is 18.4 Å². The SMILES string of the molecule is N#Cc1ccc(F)cc1CNCCCC(F)(F)F. The molecule has 0 fully saturated rings. The van der Waals surface area contributed by atoms with Crippen LogP contribution in [0.2, 0.25) is 0 Å². The Balaban J connectivity index is 2.40. The second-order valence-electron chi connectivity index (χ2n) is 3.81. The highest BCUT2D eigenvalue weighted by Crippen LogP contribution is 2.20. The van der Waals surface area contributed by atoms with Crippen LogP contribution in [0.1, 0.15) is 24.0 Å². The van der Waals surface area contributed by atoms with Crippen molar-refractivity contribution in [2.24, 2.45) is 0 Å². The Morgan fingerprint density at radius 1 is 1.28 bits per heavy atom. The van der Waals surface area contributed by atoms with Crippen LogP contribution in [0.25, 0.3) is 0 Å². The fraction of sp³-hybridized carbons (Fsp3) is 0.417. The summed E-state index contributed by atoms with van der Waals surface area (Å²) in [5, 5.41) is 11.5. The second-order valence-corrected chi connectivity index (χ2v) is 3.81. The van der Waals surface area contributed by atoms with Gasteiger partial charge in [0.15, 0.2) is 0 Å². The van der Waals surface area contributed by atoms with Crippen molar-refractivity contribution in [1.29, 1.82) is 5.26 Å². The summed E-state index contributed by atoms with van der Waals surface area (Å²) in [7, 11) is 0. The fourth-order valence-electron chi connectivity index (χ4n) is 1.45. The zero-order valence-electron chi connectivity index (χ0n) is 9.52. The van der Waals surface area contributed by atoms with Gasteiger partial charge in [-0.25, -0.2) is 4.39 Å². The molecule has 1 N–H and O–H groups in total. The van der Waals surface area contributed by atoms with Gasteiger partial charge in [-0.2, -0.15) is 18.4 Å². The smallest absolute Gasteiger partial charge is 0.313 e. The highest BCUT2D eigenvalue weighted by molar-refractivity contribution is 5.37. The van der Waals surface area contributed by atoms with Crippen LogP contribution in [0.4, 0.5) is 17.6 Å². The molecule has 0 aromatic heterocycles. The van der Waals surface area contributed by atoms with Gasteiger partial charge in [0.05, 0.1) is 11.6 Å². The molecule has 6 heteroatoms. The number of hydrogen-bond donors (Lipinski definition) is 1. The standard InChI is InChI=1S/C12H12F4N2/c13-11-3-2-9(7-17)10(6-11)8-18-5-1-4-12(14,15)16/h2-3,6,18H,1,4-5,8H2. The molecule has 0 amide bonds. The van der Waals surface area contributed by atoms with E-state index in [4.69, 9.17) is 5.26 Å². The van der Waals surface area contributed by atoms with E-state index in [0.29, 0.717) is 11.1 Å². The lowest BCUT2D eigenvalue weighted by Crippen LogP contribution is -2.18. The van der Waals surface area contributed by atoms with Gasteiger partial charge in [-0.3, -0.25) is 0 Å². The zero-order chi connectivity index (χ0) is 13.6. The molecule has 0 spiro atoms. The molecule has 0 radical (unpaired) electrons. The van der Waals surface area contributed by atoms with E-state index in [0.717, 1.165) is 0 Å². The monoisotopic (exact) mass is 260 g/mol. The Labute approximate surface area is 102 Å². The average molecular weight is 260 g/mol. The van der Waals surface area contributed by atoms with E-state index in [2.05, 4.69) is 5.32 Å². The third kappa shape index (κ3) is 5.15. The number of alkyl halides is 3. The maximum Gasteiger partial charge on any atom is 0.389 e. The van der Waals surface area contributed by atoms with Crippen molar-refractivity contribution in [2.75, 3.05) is 6.54 Å². The first-order valence-electron chi connectivity index (χ1n) is 5.38. The largest absolute Gasteiger partial charge is 0.389 e. The lowest BCUT2D eigenvalue weighted by molar-refractivity contribution is -0.135. The van der Waals surface area contributed by atoms with Crippen molar-refractivity contribution < 1.29 is 17.6 Å². The number of hydrogen-bond acceptors (Lipinski definition) is 2. The molecule has 0 aliphatic carbocycles. The lowest BCUT2D eigenvalue weighted by Gasteiger charge is -2.08. The molecule has 0 heterocycles. The van der Waals surface area contributed by atoms with Gasteiger partial charge in [-0.1, -0.05) is 0 Å². The Morgan fingerprint density at radius 2 is 2.00 bits per heavy atom. The van der Waals surface area contributed by atoms with Gasteiger partial charge in [0, 0.05) is 13.0 Å². The van der Waals surface area contributed by atoms with Gasteiger partial charge in [-0.05, 0) is 36.7 Å². The summed E-state index contributed by atoms with van der Waals surface area (Å²) in [6.07, 6.45) is -5.05. The van der Waals surface area contributed by atoms with Crippen LogP contribution in [0.15, 0.2) is 18.2 Å². The van der Waals surface area contributed by atoms with Gasteiger partial charge in [-0.15, -0.1) is 0 Å². The van der Waals surface area contributed by atoms with Crippen LogP contribution in [0, 0.1) is 17.1 Å². The predicted octanol–water partition coefficient (Wildman–Crippen LogP) is 3.13. The quantitative estimate of drug-likeness (QED) is 0.652. The summed E-state index contributed by atoms with van der Waals surface area (Å²) in [5.41, 5.74) is 0.768. The molecule has 1 rings (SSSR count). The maximum atomic E-state index is 12.9. The number of halogens is 4. The minimum absolute atomic E-state index is 0.0410. The number of nitrogens with one attached hydrogen (secondary N) is 1.